The molecule has 0 spiro atoms. The summed E-state index contributed by atoms with van der Waals surface area (Å²) in [4.78, 5) is 61.3. The zero-order valence-electron chi connectivity index (χ0n) is 23.0. The summed E-state index contributed by atoms with van der Waals surface area (Å²) in [6.07, 6.45) is 0.114. The van der Waals surface area contributed by atoms with Gasteiger partial charge in [-0.1, -0.05) is 6.07 Å². The fourth-order valence-corrected chi connectivity index (χ4v) is 4.01. The van der Waals surface area contributed by atoms with E-state index in [4.69, 9.17) is 41.5 Å². The molecule has 1 unspecified atom stereocenters. The molecule has 0 saturated carbocycles. The van der Waals surface area contributed by atoms with Gasteiger partial charge in [0.05, 0.1) is 26.2 Å². The van der Waals surface area contributed by atoms with Gasteiger partial charge >= 0.3 is 29.8 Å². The van der Waals surface area contributed by atoms with E-state index in [1.807, 2.05) is 0 Å². The molecule has 0 amide bonds. The van der Waals surface area contributed by atoms with Gasteiger partial charge in [0, 0.05) is 52.4 Å². The van der Waals surface area contributed by atoms with Crippen LogP contribution in [0.2, 0.25) is 0 Å². The number of hydrogen-bond acceptors (Lipinski definition) is 12. The van der Waals surface area contributed by atoms with Gasteiger partial charge in [-0.3, -0.25) is 43.6 Å². The number of nitrogens with two attached hydrogens (primary N) is 1. The molecule has 9 N–H and O–H groups in total. The van der Waals surface area contributed by atoms with Gasteiger partial charge in [0.15, 0.2) is 11.5 Å². The molecule has 1 fully saturated rings. The molecule has 17 heteroatoms. The number of phenolic OH excluding ortho intramolecular Hbond substituents is 2. The lowest BCUT2D eigenvalue weighted by molar-refractivity contribution is -0.141. The van der Waals surface area contributed by atoms with Crippen LogP contribution in [0, 0.1) is 0 Å². The van der Waals surface area contributed by atoms with E-state index in [-0.39, 0.29) is 44.1 Å². The molecule has 1 heterocycles. The Labute approximate surface area is 241 Å². The van der Waals surface area contributed by atoms with Gasteiger partial charge in [0.1, 0.15) is 6.04 Å². The second kappa shape index (κ2) is 18.4. The average molecular weight is 602 g/mol. The SMILES string of the molecule is NC(Cc1ccc(O)c(O)c1)C(=O)O.O=C(O)CN1CCN(CC(=O)O)CCN(CC(=O)O)CCN(CC(=O)O)CC1. The molecule has 0 aliphatic carbocycles. The standard InChI is InChI=1S/C16H28N4O8.C9H11NO4/c21-13(22)9-17-1-2-18(10-14(23)24)5-6-20(12-16(27)28)8-7-19(4-3-17)11-15(25)26;10-6(9(13)14)3-5-1-2-7(11)8(12)4-5/h1-12H2,(H,21,22)(H,23,24)(H,25,26)(H,27,28);1-2,4,6,11-12H,3,10H2,(H,13,14). The van der Waals surface area contributed by atoms with E-state index >= 15 is 0 Å². The normalized spacial score (nSPS) is 17.1. The molecule has 1 aliphatic heterocycles. The Hall–Kier alpha value is -4.03. The number of benzene rings is 1. The summed E-state index contributed by atoms with van der Waals surface area (Å²) in [6.45, 7) is 1.52. The fraction of sp³-hybridized carbons (Fsp3) is 0.560. The van der Waals surface area contributed by atoms with Crippen molar-refractivity contribution in [3.8, 4) is 11.5 Å². The number of phenols is 2. The van der Waals surface area contributed by atoms with E-state index in [1.54, 1.807) is 19.6 Å². The minimum absolute atomic E-state index is 0.114. The number of aliphatic carboxylic acids is 5. The van der Waals surface area contributed by atoms with Crippen LogP contribution in [0.25, 0.3) is 0 Å². The van der Waals surface area contributed by atoms with Crippen molar-refractivity contribution in [3.05, 3.63) is 23.8 Å². The van der Waals surface area contributed by atoms with Crippen molar-refractivity contribution in [2.75, 3.05) is 78.5 Å². The largest absolute Gasteiger partial charge is 0.504 e. The van der Waals surface area contributed by atoms with Crippen LogP contribution < -0.4 is 5.73 Å². The lowest BCUT2D eigenvalue weighted by Crippen LogP contribution is -2.49. The van der Waals surface area contributed by atoms with Crippen molar-refractivity contribution in [1.29, 1.82) is 0 Å². The van der Waals surface area contributed by atoms with Crippen molar-refractivity contribution in [2.24, 2.45) is 5.73 Å². The summed E-state index contributed by atoms with van der Waals surface area (Å²) in [5.74, 6) is -5.69. The first kappa shape index (κ1) is 36.0. The van der Waals surface area contributed by atoms with E-state index in [0.29, 0.717) is 57.9 Å². The number of carbonyl (C=O) groups is 5. The summed E-state index contributed by atoms with van der Waals surface area (Å²) in [6, 6.07) is 3.09. The van der Waals surface area contributed by atoms with Gasteiger partial charge in [-0.25, -0.2) is 0 Å². The van der Waals surface area contributed by atoms with E-state index in [9.17, 15) is 24.0 Å². The van der Waals surface area contributed by atoms with Crippen molar-refractivity contribution < 1.29 is 59.7 Å². The van der Waals surface area contributed by atoms with Crippen molar-refractivity contribution in [1.82, 2.24) is 19.6 Å². The van der Waals surface area contributed by atoms with Crippen LogP contribution in [0.3, 0.4) is 0 Å². The number of rotatable bonds is 11. The summed E-state index contributed by atoms with van der Waals surface area (Å²) >= 11 is 0. The minimum Gasteiger partial charge on any atom is -0.504 e. The van der Waals surface area contributed by atoms with E-state index in [0.717, 1.165) is 0 Å². The zero-order valence-corrected chi connectivity index (χ0v) is 23.0. The second-order valence-corrected chi connectivity index (χ2v) is 9.65. The Morgan fingerprint density at radius 2 is 0.905 bits per heavy atom. The molecule has 1 aliphatic rings. The van der Waals surface area contributed by atoms with Crippen LogP contribution in [0.1, 0.15) is 5.56 Å². The lowest BCUT2D eigenvalue weighted by atomic mass is 10.1. The number of hydrogen-bond donors (Lipinski definition) is 8. The lowest BCUT2D eigenvalue weighted by Gasteiger charge is -2.32. The summed E-state index contributed by atoms with van der Waals surface area (Å²) in [5.41, 5.74) is 5.86. The highest BCUT2D eigenvalue weighted by Gasteiger charge is 2.21. The predicted octanol–water partition coefficient (Wildman–Crippen LogP) is -2.40. The Kier molecular flexibility index (Phi) is 15.8. The monoisotopic (exact) mass is 601 g/mol. The van der Waals surface area contributed by atoms with Gasteiger partial charge in [-0.05, 0) is 24.1 Å². The van der Waals surface area contributed by atoms with E-state index < -0.39 is 35.9 Å². The highest BCUT2D eigenvalue weighted by Crippen LogP contribution is 2.25. The van der Waals surface area contributed by atoms with Crippen LogP contribution >= 0.6 is 0 Å². The Bertz CT molecular complexity index is 960. The van der Waals surface area contributed by atoms with Gasteiger partial charge in [-0.15, -0.1) is 0 Å². The third kappa shape index (κ3) is 15.7. The first-order chi connectivity index (χ1) is 19.7. The van der Waals surface area contributed by atoms with Crippen molar-refractivity contribution in [2.45, 2.75) is 12.5 Å². The maximum absolute atomic E-state index is 11.1. The molecule has 17 nitrogen and oxygen atoms in total. The summed E-state index contributed by atoms with van der Waals surface area (Å²) in [7, 11) is 0. The van der Waals surface area contributed by atoms with Crippen LogP contribution in [0.15, 0.2) is 18.2 Å². The second-order valence-electron chi connectivity index (χ2n) is 9.65. The molecule has 2 rings (SSSR count). The van der Waals surface area contributed by atoms with Gasteiger partial charge in [-0.2, -0.15) is 0 Å². The minimum atomic E-state index is -1.10. The van der Waals surface area contributed by atoms with Gasteiger partial charge in [0.25, 0.3) is 0 Å². The van der Waals surface area contributed by atoms with Gasteiger partial charge in [0.2, 0.25) is 0 Å². The molecule has 42 heavy (non-hydrogen) atoms. The third-order valence-corrected chi connectivity index (χ3v) is 6.18. The molecule has 0 bridgehead atoms. The van der Waals surface area contributed by atoms with E-state index in [1.165, 1.54) is 18.2 Å². The highest BCUT2D eigenvalue weighted by molar-refractivity contribution is 5.73. The highest BCUT2D eigenvalue weighted by atomic mass is 16.4. The molecule has 1 atom stereocenters. The van der Waals surface area contributed by atoms with Crippen molar-refractivity contribution in [3.63, 3.8) is 0 Å². The third-order valence-electron chi connectivity index (χ3n) is 6.18. The number of aromatic hydroxyl groups is 2. The summed E-state index contributed by atoms with van der Waals surface area (Å²) < 4.78 is 0. The van der Waals surface area contributed by atoms with Crippen molar-refractivity contribution >= 4 is 29.8 Å². The number of carboxylic acids is 5. The maximum atomic E-state index is 11.1. The number of carboxylic acid groups (broad SMARTS) is 5. The predicted molar refractivity (Wildman–Crippen MR) is 145 cm³/mol. The average Bonchev–Trinajstić information content (AvgIpc) is 2.87. The molecular formula is C25H39N5O12. The Morgan fingerprint density at radius 1 is 0.595 bits per heavy atom. The smallest absolute Gasteiger partial charge is 0.320 e. The molecule has 1 saturated heterocycles. The van der Waals surface area contributed by atoms with Crippen LogP contribution in [-0.2, 0) is 30.4 Å². The van der Waals surface area contributed by atoms with Crippen LogP contribution in [-0.4, -0.2) is 170 Å². The first-order valence-corrected chi connectivity index (χ1v) is 12.9. The van der Waals surface area contributed by atoms with E-state index in [2.05, 4.69) is 0 Å². The Morgan fingerprint density at radius 3 is 1.14 bits per heavy atom. The molecule has 0 radical (unpaired) electrons. The number of nitrogens with zero attached hydrogens (tertiary/aromatic N) is 4. The quantitative estimate of drug-likeness (QED) is 0.123. The molecule has 1 aromatic carbocycles. The Balaban J connectivity index is 0.000000525. The van der Waals surface area contributed by atoms with Crippen LogP contribution in [0.5, 0.6) is 11.5 Å². The molecule has 0 aromatic heterocycles. The fourth-order valence-electron chi connectivity index (χ4n) is 4.01. The first-order valence-electron chi connectivity index (χ1n) is 12.9. The zero-order chi connectivity index (χ0) is 31.8. The maximum Gasteiger partial charge on any atom is 0.320 e. The van der Waals surface area contributed by atoms with Gasteiger partial charge < -0.3 is 41.5 Å². The van der Waals surface area contributed by atoms with Crippen LogP contribution in [0.4, 0.5) is 0 Å². The summed E-state index contributed by atoms with van der Waals surface area (Å²) in [5, 5.41) is 62.9. The molecular weight excluding hydrogens is 562 g/mol. The topological polar surface area (TPSA) is 266 Å². The molecule has 1 aromatic rings. The molecule has 236 valence electrons.